The first-order valence-corrected chi connectivity index (χ1v) is 4.43. The SMILES string of the molecule is CN(C)[Si](=O)C(C)(C)C.[Ti]. The van der Waals surface area contributed by atoms with E-state index in [9.17, 15) is 4.46 Å². The molecule has 0 atom stereocenters. The predicted molar refractivity (Wildman–Crippen MR) is 39.8 cm³/mol. The zero-order valence-electron chi connectivity index (χ0n) is 7.36. The zero-order chi connectivity index (χ0) is 7.65. The van der Waals surface area contributed by atoms with Crippen LogP contribution in [0.25, 0.3) is 0 Å². The summed E-state index contributed by atoms with van der Waals surface area (Å²) in [5, 5.41) is -0.0475. The summed E-state index contributed by atoms with van der Waals surface area (Å²) in [6.07, 6.45) is 0. The van der Waals surface area contributed by atoms with E-state index in [4.69, 9.17) is 0 Å². The largest absolute Gasteiger partial charge is 0.399 e. The molecule has 0 spiro atoms. The van der Waals surface area contributed by atoms with E-state index in [1.54, 1.807) is 4.57 Å². The van der Waals surface area contributed by atoms with Gasteiger partial charge in [0.15, 0.2) is 0 Å². The molecule has 0 amide bonds. The molecule has 0 radical (unpaired) electrons. The van der Waals surface area contributed by atoms with Gasteiger partial charge in [0.05, 0.1) is 0 Å². The van der Waals surface area contributed by atoms with E-state index >= 15 is 0 Å². The second-order valence-electron chi connectivity index (χ2n) is 3.45. The van der Waals surface area contributed by atoms with Gasteiger partial charge < -0.3 is 9.03 Å². The van der Waals surface area contributed by atoms with Gasteiger partial charge in [-0.2, -0.15) is 0 Å². The summed E-state index contributed by atoms with van der Waals surface area (Å²) in [5.41, 5.74) is 0. The Bertz CT molecular complexity index is 119. The molecule has 0 aromatic rings. The van der Waals surface area contributed by atoms with Crippen LogP contribution < -0.4 is 0 Å². The molecule has 0 heterocycles. The van der Waals surface area contributed by atoms with Crippen molar-refractivity contribution in [1.82, 2.24) is 4.57 Å². The van der Waals surface area contributed by atoms with Gasteiger partial charge in [-0.05, 0) is 14.1 Å². The van der Waals surface area contributed by atoms with Crippen molar-refractivity contribution in [1.29, 1.82) is 0 Å². The fraction of sp³-hybridized carbons (Fsp3) is 1.00. The molecule has 0 aromatic heterocycles. The summed E-state index contributed by atoms with van der Waals surface area (Å²) in [7, 11) is 2.17. The third kappa shape index (κ3) is 4.36. The Morgan fingerprint density at radius 2 is 1.50 bits per heavy atom. The van der Waals surface area contributed by atoms with Crippen LogP contribution in [-0.2, 0) is 26.2 Å². The number of hydrogen-bond acceptors (Lipinski definition) is 1. The molecular weight excluding hydrogens is 178 g/mol. The summed E-state index contributed by atoms with van der Waals surface area (Å²) in [6.45, 7) is 5.98. The van der Waals surface area contributed by atoms with Crippen molar-refractivity contribution in [3.63, 3.8) is 0 Å². The molecule has 0 bridgehead atoms. The normalized spacial score (nSPS) is 10.1. The van der Waals surface area contributed by atoms with Gasteiger partial charge in [0.2, 0.25) is 0 Å². The molecule has 0 aliphatic heterocycles. The monoisotopic (exact) mass is 193 g/mol. The Morgan fingerprint density at radius 3 is 1.50 bits per heavy atom. The van der Waals surface area contributed by atoms with Crippen LogP contribution in [-0.4, -0.2) is 27.5 Å². The van der Waals surface area contributed by atoms with Gasteiger partial charge in [-0.1, -0.05) is 20.8 Å². The van der Waals surface area contributed by atoms with Crippen molar-refractivity contribution in [3.8, 4) is 0 Å². The number of hydrogen-bond donors (Lipinski definition) is 0. The Kier molecular flexibility index (Phi) is 5.81. The maximum absolute atomic E-state index is 11.3. The third-order valence-corrected chi connectivity index (χ3v) is 3.14. The summed E-state index contributed by atoms with van der Waals surface area (Å²) in [4.78, 5) is 0. The molecule has 0 fully saturated rings. The summed E-state index contributed by atoms with van der Waals surface area (Å²) in [6, 6.07) is 0. The fourth-order valence-corrected chi connectivity index (χ4v) is 2.01. The van der Waals surface area contributed by atoms with Crippen molar-refractivity contribution in [2.75, 3.05) is 14.1 Å². The standard InChI is InChI=1S/C6H15NOSi.Ti/c1-6(2,3)9(8)7(4)5;/h1-5H3;. The zero-order valence-corrected chi connectivity index (χ0v) is 9.92. The average molecular weight is 193 g/mol. The molecule has 0 aliphatic rings. The molecule has 10 heavy (non-hydrogen) atoms. The summed E-state index contributed by atoms with van der Waals surface area (Å²) in [5.74, 6) is 0. The van der Waals surface area contributed by atoms with Gasteiger partial charge in [-0.3, -0.25) is 0 Å². The minimum Gasteiger partial charge on any atom is -0.382 e. The van der Waals surface area contributed by atoms with Crippen LogP contribution in [0, 0.1) is 0 Å². The maximum atomic E-state index is 11.3. The average Bonchev–Trinajstić information content (AvgIpc) is 1.62. The van der Waals surface area contributed by atoms with Crippen LogP contribution in [0.4, 0.5) is 0 Å². The molecule has 0 aliphatic carbocycles. The van der Waals surface area contributed by atoms with Gasteiger partial charge >= 0.3 is 8.84 Å². The van der Waals surface area contributed by atoms with Crippen LogP contribution in [0.15, 0.2) is 0 Å². The van der Waals surface area contributed by atoms with Crippen LogP contribution >= 0.6 is 0 Å². The van der Waals surface area contributed by atoms with Gasteiger partial charge in [-0.15, -0.1) is 0 Å². The molecule has 0 aromatic carbocycles. The van der Waals surface area contributed by atoms with Crippen LogP contribution in [0.5, 0.6) is 0 Å². The minimum atomic E-state index is -1.54. The van der Waals surface area contributed by atoms with E-state index in [1.807, 2.05) is 34.9 Å². The van der Waals surface area contributed by atoms with E-state index in [1.165, 1.54) is 0 Å². The molecule has 0 saturated heterocycles. The summed E-state index contributed by atoms with van der Waals surface area (Å²) < 4.78 is 13.1. The maximum Gasteiger partial charge on any atom is 0.399 e. The van der Waals surface area contributed by atoms with Gasteiger partial charge in [-0.25, -0.2) is 0 Å². The van der Waals surface area contributed by atoms with Crippen molar-refractivity contribution in [2.24, 2.45) is 0 Å². The Morgan fingerprint density at radius 1 is 1.20 bits per heavy atom. The second-order valence-corrected chi connectivity index (χ2v) is 6.45. The van der Waals surface area contributed by atoms with E-state index in [2.05, 4.69) is 0 Å². The molecule has 0 unspecified atom stereocenters. The van der Waals surface area contributed by atoms with Crippen LogP contribution in [0.1, 0.15) is 20.8 Å². The van der Waals surface area contributed by atoms with E-state index in [0.29, 0.717) is 0 Å². The first-order valence-electron chi connectivity index (χ1n) is 3.07. The van der Waals surface area contributed by atoms with Crippen LogP contribution in [0.2, 0.25) is 5.04 Å². The molecule has 4 heteroatoms. The molecule has 58 valence electrons. The Labute approximate surface area is 79.6 Å². The Hall–Kier alpha value is 0.531. The number of rotatable bonds is 1. The van der Waals surface area contributed by atoms with Crippen molar-refractivity contribution in [3.05, 3.63) is 0 Å². The van der Waals surface area contributed by atoms with E-state index in [-0.39, 0.29) is 26.8 Å². The third-order valence-electron chi connectivity index (χ3n) is 1.05. The van der Waals surface area contributed by atoms with E-state index in [0.717, 1.165) is 0 Å². The smallest absolute Gasteiger partial charge is 0.382 e. The molecule has 0 N–H and O–H groups in total. The molecule has 0 saturated carbocycles. The Balaban J connectivity index is 0. The topological polar surface area (TPSA) is 20.3 Å². The molecular formula is C6H15NOSiTi. The first-order chi connectivity index (χ1) is 3.85. The van der Waals surface area contributed by atoms with Crippen LogP contribution in [0.3, 0.4) is 0 Å². The first kappa shape index (κ1) is 13.1. The van der Waals surface area contributed by atoms with Gasteiger partial charge in [0.1, 0.15) is 0 Å². The fourth-order valence-electron chi connectivity index (χ4n) is 0.671. The van der Waals surface area contributed by atoms with E-state index < -0.39 is 8.84 Å². The number of nitrogens with zero attached hydrogens (tertiary/aromatic N) is 1. The second kappa shape index (κ2) is 4.42. The van der Waals surface area contributed by atoms with Crippen molar-refractivity contribution >= 4 is 8.84 Å². The molecule has 0 rings (SSSR count). The van der Waals surface area contributed by atoms with Gasteiger partial charge in [0.25, 0.3) is 0 Å². The quantitative estimate of drug-likeness (QED) is 0.584. The van der Waals surface area contributed by atoms with Crippen molar-refractivity contribution < 1.29 is 26.2 Å². The summed E-state index contributed by atoms with van der Waals surface area (Å²) >= 11 is 0. The minimum absolute atomic E-state index is 0. The predicted octanol–water partition coefficient (Wildman–Crippen LogP) is 1.26. The molecule has 2 nitrogen and oxygen atoms in total. The van der Waals surface area contributed by atoms with Crippen molar-refractivity contribution in [2.45, 2.75) is 25.8 Å². The van der Waals surface area contributed by atoms with Gasteiger partial charge in [0, 0.05) is 26.8 Å².